The van der Waals surface area contributed by atoms with Crippen molar-refractivity contribution < 1.29 is 14.5 Å². The highest BCUT2D eigenvalue weighted by Gasteiger charge is 2.28. The van der Waals surface area contributed by atoms with Gasteiger partial charge in [-0.05, 0) is 12.5 Å². The Morgan fingerprint density at radius 3 is 2.54 bits per heavy atom. The van der Waals surface area contributed by atoms with Crippen molar-refractivity contribution in [2.45, 2.75) is 13.5 Å². The first-order chi connectivity index (χ1) is 13.5. The van der Waals surface area contributed by atoms with Crippen LogP contribution in [-0.4, -0.2) is 69.5 Å². The molecule has 2 aromatic rings. The summed E-state index contributed by atoms with van der Waals surface area (Å²) in [6.45, 7) is 4.72. The first kappa shape index (κ1) is 19.5. The third-order valence-corrected chi connectivity index (χ3v) is 4.69. The molecule has 0 aliphatic carbocycles. The van der Waals surface area contributed by atoms with Gasteiger partial charge in [-0.25, -0.2) is 0 Å². The third kappa shape index (κ3) is 4.52. The van der Waals surface area contributed by atoms with E-state index < -0.39 is 10.8 Å². The SMILES string of the molecule is Cc1[nH]nc(C(=O)NCC(=O)N2CCN(Cc3ccccc3)CC2)c1[N+](=O)[O-]. The molecule has 0 saturated carbocycles. The molecule has 0 unspecified atom stereocenters. The second kappa shape index (κ2) is 8.61. The van der Waals surface area contributed by atoms with E-state index in [1.165, 1.54) is 12.5 Å². The zero-order valence-electron chi connectivity index (χ0n) is 15.6. The van der Waals surface area contributed by atoms with Crippen LogP contribution in [0.15, 0.2) is 30.3 Å². The van der Waals surface area contributed by atoms with Gasteiger partial charge in [0.05, 0.1) is 11.5 Å². The van der Waals surface area contributed by atoms with E-state index in [4.69, 9.17) is 0 Å². The van der Waals surface area contributed by atoms with E-state index in [2.05, 4.69) is 32.5 Å². The second-order valence-corrected chi connectivity index (χ2v) is 6.63. The number of aromatic nitrogens is 2. The Bertz CT molecular complexity index is 858. The molecule has 2 heterocycles. The third-order valence-electron chi connectivity index (χ3n) is 4.69. The summed E-state index contributed by atoms with van der Waals surface area (Å²) < 4.78 is 0. The van der Waals surface area contributed by atoms with Crippen LogP contribution in [0, 0.1) is 17.0 Å². The van der Waals surface area contributed by atoms with E-state index in [-0.39, 0.29) is 29.5 Å². The molecular weight excluding hydrogens is 364 g/mol. The number of nitrogens with zero attached hydrogens (tertiary/aromatic N) is 4. The van der Waals surface area contributed by atoms with Crippen molar-refractivity contribution in [3.8, 4) is 0 Å². The Labute approximate surface area is 161 Å². The summed E-state index contributed by atoms with van der Waals surface area (Å²) in [7, 11) is 0. The number of nitrogens with one attached hydrogen (secondary N) is 2. The van der Waals surface area contributed by atoms with E-state index in [1.807, 2.05) is 18.2 Å². The zero-order chi connectivity index (χ0) is 20.1. The number of hydrogen-bond donors (Lipinski definition) is 2. The molecule has 1 aromatic heterocycles. The van der Waals surface area contributed by atoms with Crippen molar-refractivity contribution in [1.29, 1.82) is 0 Å². The lowest BCUT2D eigenvalue weighted by molar-refractivity contribution is -0.385. The molecule has 2 N–H and O–H groups in total. The van der Waals surface area contributed by atoms with Gasteiger partial charge in [0.1, 0.15) is 5.69 Å². The van der Waals surface area contributed by atoms with Gasteiger partial charge in [-0.15, -0.1) is 0 Å². The monoisotopic (exact) mass is 386 g/mol. The smallest absolute Gasteiger partial charge is 0.322 e. The maximum absolute atomic E-state index is 12.4. The molecule has 2 amide bonds. The molecule has 1 saturated heterocycles. The van der Waals surface area contributed by atoms with Gasteiger partial charge in [0.2, 0.25) is 11.6 Å². The molecule has 10 heteroatoms. The molecule has 148 valence electrons. The molecule has 0 atom stereocenters. The van der Waals surface area contributed by atoms with Crippen molar-refractivity contribution in [1.82, 2.24) is 25.3 Å². The normalized spacial score (nSPS) is 14.7. The summed E-state index contributed by atoms with van der Waals surface area (Å²) in [5.74, 6) is -0.963. The quantitative estimate of drug-likeness (QED) is 0.556. The number of aromatic amines is 1. The number of hydrogen-bond acceptors (Lipinski definition) is 6. The molecule has 10 nitrogen and oxygen atoms in total. The second-order valence-electron chi connectivity index (χ2n) is 6.63. The Balaban J connectivity index is 1.47. The Morgan fingerprint density at radius 1 is 1.21 bits per heavy atom. The van der Waals surface area contributed by atoms with Crippen molar-refractivity contribution in [3.05, 3.63) is 57.4 Å². The Kier molecular flexibility index (Phi) is 5.99. The fraction of sp³-hybridized carbons (Fsp3) is 0.389. The van der Waals surface area contributed by atoms with Crippen LogP contribution >= 0.6 is 0 Å². The Hall–Kier alpha value is -3.27. The molecular formula is C18H22N6O4. The van der Waals surface area contributed by atoms with Gasteiger partial charge in [-0.1, -0.05) is 30.3 Å². The molecule has 1 aliphatic heterocycles. The van der Waals surface area contributed by atoms with E-state index >= 15 is 0 Å². The summed E-state index contributed by atoms with van der Waals surface area (Å²) in [5.41, 5.74) is 0.726. The van der Waals surface area contributed by atoms with Gasteiger partial charge in [-0.2, -0.15) is 5.10 Å². The van der Waals surface area contributed by atoms with Crippen LogP contribution < -0.4 is 5.32 Å². The van der Waals surface area contributed by atoms with Gasteiger partial charge in [0.15, 0.2) is 0 Å². The predicted molar refractivity (Wildman–Crippen MR) is 101 cm³/mol. The Morgan fingerprint density at radius 2 is 1.89 bits per heavy atom. The first-order valence-electron chi connectivity index (χ1n) is 8.97. The molecule has 0 bridgehead atoms. The molecule has 0 radical (unpaired) electrons. The number of piperazine rings is 1. The van der Waals surface area contributed by atoms with Crippen molar-refractivity contribution in [2.24, 2.45) is 0 Å². The number of nitro groups is 1. The molecule has 1 aliphatic rings. The zero-order valence-corrected chi connectivity index (χ0v) is 15.6. The van der Waals surface area contributed by atoms with Crippen LogP contribution in [0.25, 0.3) is 0 Å². The van der Waals surface area contributed by atoms with Gasteiger partial charge in [-0.3, -0.25) is 29.7 Å². The lowest BCUT2D eigenvalue weighted by atomic mass is 10.2. The minimum absolute atomic E-state index is 0.191. The number of carbonyl (C=O) groups is 2. The largest absolute Gasteiger partial charge is 0.341 e. The van der Waals surface area contributed by atoms with Crippen LogP contribution in [0.1, 0.15) is 21.7 Å². The molecule has 1 aromatic carbocycles. The fourth-order valence-electron chi connectivity index (χ4n) is 3.15. The van der Waals surface area contributed by atoms with Gasteiger partial charge >= 0.3 is 5.69 Å². The summed E-state index contributed by atoms with van der Waals surface area (Å²) in [5, 5.41) is 19.6. The number of aryl methyl sites for hydroxylation is 1. The standard InChI is InChI=1S/C18H22N6O4/c1-13-17(24(27)28)16(21-20-13)18(26)19-11-15(25)23-9-7-22(8-10-23)12-14-5-3-2-4-6-14/h2-6H,7-12H2,1H3,(H,19,26)(H,20,21). The number of benzene rings is 1. The summed E-state index contributed by atoms with van der Waals surface area (Å²) in [6.07, 6.45) is 0. The lowest BCUT2D eigenvalue weighted by Crippen LogP contribution is -2.50. The summed E-state index contributed by atoms with van der Waals surface area (Å²) in [6, 6.07) is 10.1. The highest BCUT2D eigenvalue weighted by molar-refractivity contribution is 5.98. The van der Waals surface area contributed by atoms with Crippen molar-refractivity contribution in [3.63, 3.8) is 0 Å². The number of amides is 2. The van der Waals surface area contributed by atoms with Crippen LogP contribution in [0.4, 0.5) is 5.69 Å². The summed E-state index contributed by atoms with van der Waals surface area (Å²) in [4.78, 5) is 38.8. The van der Waals surface area contributed by atoms with Gasteiger partial charge in [0, 0.05) is 32.7 Å². The molecule has 1 fully saturated rings. The van der Waals surface area contributed by atoms with Crippen LogP contribution in [0.5, 0.6) is 0 Å². The summed E-state index contributed by atoms with van der Waals surface area (Å²) >= 11 is 0. The minimum Gasteiger partial charge on any atom is -0.341 e. The average molecular weight is 386 g/mol. The highest BCUT2D eigenvalue weighted by atomic mass is 16.6. The minimum atomic E-state index is -0.743. The van der Waals surface area contributed by atoms with Crippen molar-refractivity contribution >= 4 is 17.5 Å². The van der Waals surface area contributed by atoms with Crippen LogP contribution in [0.3, 0.4) is 0 Å². The van der Waals surface area contributed by atoms with E-state index in [0.717, 1.165) is 19.6 Å². The maximum Gasteiger partial charge on any atom is 0.322 e. The fourth-order valence-corrected chi connectivity index (χ4v) is 3.15. The highest BCUT2D eigenvalue weighted by Crippen LogP contribution is 2.19. The van der Waals surface area contributed by atoms with Crippen LogP contribution in [-0.2, 0) is 11.3 Å². The van der Waals surface area contributed by atoms with Gasteiger partial charge < -0.3 is 10.2 Å². The van der Waals surface area contributed by atoms with E-state index in [1.54, 1.807) is 4.90 Å². The maximum atomic E-state index is 12.4. The van der Waals surface area contributed by atoms with E-state index in [0.29, 0.717) is 13.1 Å². The van der Waals surface area contributed by atoms with E-state index in [9.17, 15) is 19.7 Å². The number of carbonyl (C=O) groups excluding carboxylic acids is 2. The molecule has 0 spiro atoms. The number of rotatable bonds is 6. The topological polar surface area (TPSA) is 124 Å². The lowest BCUT2D eigenvalue weighted by Gasteiger charge is -2.34. The molecule has 28 heavy (non-hydrogen) atoms. The molecule has 3 rings (SSSR count). The van der Waals surface area contributed by atoms with Crippen molar-refractivity contribution in [2.75, 3.05) is 32.7 Å². The average Bonchev–Trinajstić information content (AvgIpc) is 3.09. The predicted octanol–water partition coefficient (Wildman–Crippen LogP) is 0.701. The van der Waals surface area contributed by atoms with Gasteiger partial charge in [0.25, 0.3) is 5.91 Å². The van der Waals surface area contributed by atoms with Crippen LogP contribution in [0.2, 0.25) is 0 Å². The number of H-pyrrole nitrogens is 1. The first-order valence-corrected chi connectivity index (χ1v) is 8.97.